The lowest BCUT2D eigenvalue weighted by molar-refractivity contribution is 0.127. The quantitative estimate of drug-likeness (QED) is 0.924. The summed E-state index contributed by atoms with van der Waals surface area (Å²) >= 11 is 0. The molecule has 2 nitrogen and oxygen atoms in total. The molecule has 2 unspecified atom stereocenters. The Hall–Kier alpha value is -1.38. The molecule has 0 bridgehead atoms. The van der Waals surface area contributed by atoms with E-state index in [1.807, 2.05) is 0 Å². The minimum absolute atomic E-state index is 0.648. The fourth-order valence-electron chi connectivity index (χ4n) is 3.79. The summed E-state index contributed by atoms with van der Waals surface area (Å²) in [6.45, 7) is 1.85. The van der Waals surface area contributed by atoms with Crippen LogP contribution < -0.4 is 5.73 Å². The summed E-state index contributed by atoms with van der Waals surface area (Å²) in [6, 6.07) is 16.1. The molecule has 3 rings (SSSR count). The highest BCUT2D eigenvalue weighted by molar-refractivity contribution is 5.82. The van der Waals surface area contributed by atoms with E-state index in [-0.39, 0.29) is 0 Å². The summed E-state index contributed by atoms with van der Waals surface area (Å²) < 4.78 is 0. The standard InChI is InChI=1S/C19H26N2/c1-21(19-9-5-4-8-18(19)13-20)14-15-10-11-16-6-2-3-7-17(16)12-15/h2-3,6-7,10-12,18-19H,4-5,8-9,13-14,20H2,1H3. The molecule has 0 aromatic heterocycles. The predicted octanol–water partition coefficient (Wildman–Crippen LogP) is 3.79. The first-order chi connectivity index (χ1) is 10.3. The summed E-state index contributed by atoms with van der Waals surface area (Å²) in [5, 5.41) is 2.66. The Labute approximate surface area is 127 Å². The summed E-state index contributed by atoms with van der Waals surface area (Å²) in [5.41, 5.74) is 7.37. The molecule has 1 saturated carbocycles. The van der Waals surface area contributed by atoms with Crippen LogP contribution in [0, 0.1) is 5.92 Å². The van der Waals surface area contributed by atoms with E-state index in [1.54, 1.807) is 0 Å². The van der Waals surface area contributed by atoms with Crippen LogP contribution in [-0.4, -0.2) is 24.5 Å². The van der Waals surface area contributed by atoms with E-state index in [1.165, 1.54) is 42.0 Å². The van der Waals surface area contributed by atoms with Gasteiger partial charge in [0, 0.05) is 12.6 Å². The van der Waals surface area contributed by atoms with Crippen LogP contribution in [-0.2, 0) is 6.54 Å². The molecule has 0 heterocycles. The number of hydrogen-bond acceptors (Lipinski definition) is 2. The van der Waals surface area contributed by atoms with Gasteiger partial charge in [-0.05, 0) is 54.8 Å². The van der Waals surface area contributed by atoms with Gasteiger partial charge >= 0.3 is 0 Å². The van der Waals surface area contributed by atoms with Gasteiger partial charge in [-0.25, -0.2) is 0 Å². The molecule has 21 heavy (non-hydrogen) atoms. The molecule has 0 amide bonds. The predicted molar refractivity (Wildman–Crippen MR) is 90.2 cm³/mol. The molecule has 2 heteroatoms. The molecule has 1 fully saturated rings. The van der Waals surface area contributed by atoms with Gasteiger partial charge < -0.3 is 5.73 Å². The second-order valence-corrected chi connectivity index (χ2v) is 6.44. The summed E-state index contributed by atoms with van der Waals surface area (Å²) in [5.74, 6) is 0.671. The minimum Gasteiger partial charge on any atom is -0.330 e. The first kappa shape index (κ1) is 14.6. The van der Waals surface area contributed by atoms with Gasteiger partial charge in [-0.3, -0.25) is 4.90 Å². The maximum absolute atomic E-state index is 5.97. The van der Waals surface area contributed by atoms with Crippen molar-refractivity contribution < 1.29 is 0 Å². The Morgan fingerprint density at radius 1 is 1.05 bits per heavy atom. The van der Waals surface area contributed by atoms with Crippen LogP contribution in [0.2, 0.25) is 0 Å². The average Bonchev–Trinajstić information content (AvgIpc) is 2.54. The lowest BCUT2D eigenvalue weighted by Crippen LogP contribution is -2.42. The molecule has 0 aliphatic heterocycles. The minimum atomic E-state index is 0.648. The van der Waals surface area contributed by atoms with Crippen molar-refractivity contribution in [2.45, 2.75) is 38.3 Å². The van der Waals surface area contributed by atoms with Crippen molar-refractivity contribution in [3.63, 3.8) is 0 Å². The largest absolute Gasteiger partial charge is 0.330 e. The average molecular weight is 282 g/mol. The van der Waals surface area contributed by atoms with Crippen LogP contribution in [0.4, 0.5) is 0 Å². The summed E-state index contributed by atoms with van der Waals surface area (Å²) in [4.78, 5) is 2.51. The monoisotopic (exact) mass is 282 g/mol. The van der Waals surface area contributed by atoms with E-state index in [9.17, 15) is 0 Å². The Balaban J connectivity index is 1.74. The Morgan fingerprint density at radius 3 is 2.62 bits per heavy atom. The Kier molecular flexibility index (Phi) is 4.57. The van der Waals surface area contributed by atoms with E-state index >= 15 is 0 Å². The molecular weight excluding hydrogens is 256 g/mol. The third-order valence-corrected chi connectivity index (χ3v) is 4.98. The van der Waals surface area contributed by atoms with Gasteiger partial charge in [-0.2, -0.15) is 0 Å². The first-order valence-electron chi connectivity index (χ1n) is 8.16. The van der Waals surface area contributed by atoms with Crippen molar-refractivity contribution in [3.8, 4) is 0 Å². The zero-order chi connectivity index (χ0) is 14.7. The van der Waals surface area contributed by atoms with Gasteiger partial charge in [0.1, 0.15) is 0 Å². The van der Waals surface area contributed by atoms with E-state index in [4.69, 9.17) is 5.73 Å². The smallest absolute Gasteiger partial charge is 0.0233 e. The second-order valence-electron chi connectivity index (χ2n) is 6.44. The van der Waals surface area contributed by atoms with Gasteiger partial charge in [0.05, 0.1) is 0 Å². The fraction of sp³-hybridized carbons (Fsp3) is 0.474. The van der Waals surface area contributed by atoms with Gasteiger partial charge in [-0.1, -0.05) is 49.2 Å². The third-order valence-electron chi connectivity index (χ3n) is 4.98. The van der Waals surface area contributed by atoms with Crippen LogP contribution >= 0.6 is 0 Å². The van der Waals surface area contributed by atoms with E-state index < -0.39 is 0 Å². The molecule has 2 N–H and O–H groups in total. The molecule has 0 radical (unpaired) electrons. The molecule has 1 aliphatic rings. The molecular formula is C19H26N2. The molecule has 0 spiro atoms. The maximum atomic E-state index is 5.97. The van der Waals surface area contributed by atoms with Crippen LogP contribution in [0.25, 0.3) is 10.8 Å². The number of fused-ring (bicyclic) bond motifs is 1. The molecule has 2 atom stereocenters. The highest BCUT2D eigenvalue weighted by Crippen LogP contribution is 2.28. The van der Waals surface area contributed by atoms with Crippen LogP contribution in [0.15, 0.2) is 42.5 Å². The normalized spacial score (nSPS) is 22.8. The van der Waals surface area contributed by atoms with Crippen LogP contribution in [0.3, 0.4) is 0 Å². The van der Waals surface area contributed by atoms with Crippen molar-refractivity contribution in [1.82, 2.24) is 4.90 Å². The van der Waals surface area contributed by atoms with Gasteiger partial charge in [0.2, 0.25) is 0 Å². The molecule has 0 saturated heterocycles. The van der Waals surface area contributed by atoms with Crippen LogP contribution in [0.5, 0.6) is 0 Å². The van der Waals surface area contributed by atoms with Gasteiger partial charge in [0.25, 0.3) is 0 Å². The maximum Gasteiger partial charge on any atom is 0.0233 e. The highest BCUT2D eigenvalue weighted by atomic mass is 15.1. The van der Waals surface area contributed by atoms with E-state index in [2.05, 4.69) is 54.4 Å². The van der Waals surface area contributed by atoms with Crippen molar-refractivity contribution in [3.05, 3.63) is 48.0 Å². The van der Waals surface area contributed by atoms with Crippen molar-refractivity contribution >= 4 is 10.8 Å². The third kappa shape index (κ3) is 3.28. The Morgan fingerprint density at radius 2 is 1.81 bits per heavy atom. The number of nitrogens with zero attached hydrogens (tertiary/aromatic N) is 1. The lowest BCUT2D eigenvalue weighted by Gasteiger charge is -2.37. The number of nitrogens with two attached hydrogens (primary N) is 1. The van der Waals surface area contributed by atoms with Crippen molar-refractivity contribution in [2.75, 3.05) is 13.6 Å². The second kappa shape index (κ2) is 6.59. The summed E-state index contributed by atoms with van der Waals surface area (Å²) in [7, 11) is 2.26. The zero-order valence-electron chi connectivity index (χ0n) is 13.0. The Bertz CT molecular complexity index is 593. The summed E-state index contributed by atoms with van der Waals surface area (Å²) in [6.07, 6.45) is 5.29. The van der Waals surface area contributed by atoms with E-state index in [0.29, 0.717) is 12.0 Å². The number of rotatable bonds is 4. The molecule has 112 valence electrons. The SMILES string of the molecule is CN(Cc1ccc2ccccc2c1)C1CCCCC1CN. The van der Waals surface area contributed by atoms with Crippen molar-refractivity contribution in [2.24, 2.45) is 11.7 Å². The lowest BCUT2D eigenvalue weighted by atomic mass is 9.83. The first-order valence-corrected chi connectivity index (χ1v) is 8.16. The molecule has 1 aliphatic carbocycles. The van der Waals surface area contributed by atoms with Gasteiger partial charge in [0.15, 0.2) is 0 Å². The fourth-order valence-corrected chi connectivity index (χ4v) is 3.79. The number of benzene rings is 2. The van der Waals surface area contributed by atoms with E-state index in [0.717, 1.165) is 13.1 Å². The topological polar surface area (TPSA) is 29.3 Å². The highest BCUT2D eigenvalue weighted by Gasteiger charge is 2.27. The number of hydrogen-bond donors (Lipinski definition) is 1. The molecule has 2 aromatic carbocycles. The zero-order valence-corrected chi connectivity index (χ0v) is 13.0. The van der Waals surface area contributed by atoms with Crippen LogP contribution in [0.1, 0.15) is 31.2 Å². The van der Waals surface area contributed by atoms with Crippen molar-refractivity contribution in [1.29, 1.82) is 0 Å². The van der Waals surface area contributed by atoms with Gasteiger partial charge in [-0.15, -0.1) is 0 Å². The molecule has 2 aromatic rings.